The van der Waals surface area contributed by atoms with Crippen LogP contribution in [0, 0.1) is 0 Å². The number of phenolic OH excluding ortho intramolecular Hbond substituents is 1. The predicted octanol–water partition coefficient (Wildman–Crippen LogP) is 1.94. The van der Waals surface area contributed by atoms with Gasteiger partial charge in [-0.2, -0.15) is 0 Å². The lowest BCUT2D eigenvalue weighted by Gasteiger charge is -2.25. The van der Waals surface area contributed by atoms with Crippen LogP contribution in [0.1, 0.15) is 36.2 Å². The number of ether oxygens (including phenoxy) is 2. The Morgan fingerprint density at radius 3 is 2.57 bits per heavy atom. The number of methoxy groups -OCH3 is 1. The van der Waals surface area contributed by atoms with Gasteiger partial charge in [-0.05, 0) is 44.1 Å². The molecule has 0 bridgehead atoms. The maximum atomic E-state index is 14.8. The lowest BCUT2D eigenvalue weighted by Crippen LogP contribution is -2.36. The molecule has 152 valence electrons. The molecule has 4 atom stereocenters. The van der Waals surface area contributed by atoms with E-state index in [9.17, 15) is 29.3 Å². The van der Waals surface area contributed by atoms with E-state index in [-0.39, 0.29) is 23.3 Å². The number of aliphatic hydroxyl groups excluding tert-OH is 2. The number of benzene rings is 1. The van der Waals surface area contributed by atoms with Gasteiger partial charge in [0.1, 0.15) is 29.3 Å². The first kappa shape index (κ1) is 21.6. The van der Waals surface area contributed by atoms with E-state index in [4.69, 9.17) is 9.47 Å². The molecule has 1 aliphatic rings. The molecule has 0 spiro atoms. The van der Waals surface area contributed by atoms with Gasteiger partial charge in [-0.15, -0.1) is 0 Å². The third-order valence-electron chi connectivity index (χ3n) is 4.54. The Morgan fingerprint density at radius 1 is 1.25 bits per heavy atom. The first-order valence-electron chi connectivity index (χ1n) is 8.63. The van der Waals surface area contributed by atoms with Crippen molar-refractivity contribution in [3.05, 3.63) is 41.5 Å². The van der Waals surface area contributed by atoms with Crippen molar-refractivity contribution in [1.29, 1.82) is 0 Å². The van der Waals surface area contributed by atoms with Crippen LogP contribution in [0.4, 0.5) is 4.39 Å². The van der Waals surface area contributed by atoms with E-state index < -0.39 is 41.5 Å². The highest BCUT2D eigenvalue weighted by Gasteiger charge is 2.34. The highest BCUT2D eigenvalue weighted by atomic mass is 19.1. The van der Waals surface area contributed by atoms with E-state index in [1.807, 2.05) is 0 Å². The minimum atomic E-state index is -2.24. The van der Waals surface area contributed by atoms with Gasteiger partial charge in [-0.1, -0.05) is 12.2 Å². The molecule has 4 unspecified atom stereocenters. The van der Waals surface area contributed by atoms with Crippen LogP contribution in [0.2, 0.25) is 0 Å². The molecule has 3 N–H and O–H groups in total. The first-order valence-corrected chi connectivity index (χ1v) is 8.63. The number of fused-ring (bicyclic) bond motifs is 1. The van der Waals surface area contributed by atoms with Gasteiger partial charge < -0.3 is 24.8 Å². The van der Waals surface area contributed by atoms with Gasteiger partial charge in [0.05, 0.1) is 13.2 Å². The zero-order chi connectivity index (χ0) is 21.1. The van der Waals surface area contributed by atoms with Crippen molar-refractivity contribution in [3.63, 3.8) is 0 Å². The van der Waals surface area contributed by atoms with Gasteiger partial charge in [0.25, 0.3) is 0 Å². The quantitative estimate of drug-likeness (QED) is 0.624. The second-order valence-corrected chi connectivity index (χ2v) is 6.70. The lowest BCUT2D eigenvalue weighted by atomic mass is 9.98. The third-order valence-corrected chi connectivity index (χ3v) is 4.54. The normalized spacial score (nSPS) is 31.3. The molecule has 0 fully saturated rings. The van der Waals surface area contributed by atoms with Crippen molar-refractivity contribution in [2.75, 3.05) is 7.11 Å². The fraction of sp³-hybridized carbons (Fsp3) is 0.400. The van der Waals surface area contributed by atoms with E-state index >= 15 is 0 Å². The van der Waals surface area contributed by atoms with Crippen molar-refractivity contribution in [3.8, 4) is 11.5 Å². The monoisotopic (exact) mass is 394 g/mol. The third kappa shape index (κ3) is 4.76. The molecule has 0 aromatic heterocycles. The molecular weight excluding hydrogens is 371 g/mol. The molecule has 2 rings (SSSR count). The second kappa shape index (κ2) is 8.53. The van der Waals surface area contributed by atoms with Crippen LogP contribution < -0.4 is 4.74 Å². The number of ketones is 1. The summed E-state index contributed by atoms with van der Waals surface area (Å²) in [4.78, 5) is 24.5. The summed E-state index contributed by atoms with van der Waals surface area (Å²) >= 11 is 0. The summed E-state index contributed by atoms with van der Waals surface area (Å²) in [5, 5.41) is 30.1. The number of rotatable bonds is 1. The molecule has 8 heteroatoms. The van der Waals surface area contributed by atoms with Gasteiger partial charge >= 0.3 is 5.97 Å². The Balaban J connectivity index is 2.55. The summed E-state index contributed by atoms with van der Waals surface area (Å²) in [6, 6.07) is 2.67. The Kier molecular flexibility index (Phi) is 6.58. The van der Waals surface area contributed by atoms with Gasteiger partial charge in [0.2, 0.25) is 0 Å². The summed E-state index contributed by atoms with van der Waals surface area (Å²) in [7, 11) is 1.38. The lowest BCUT2D eigenvalue weighted by molar-refractivity contribution is -0.127. The average molecular weight is 394 g/mol. The molecule has 7 nitrogen and oxygen atoms in total. The van der Waals surface area contributed by atoms with Crippen molar-refractivity contribution < 1.29 is 38.8 Å². The molecule has 0 saturated carbocycles. The van der Waals surface area contributed by atoms with E-state index in [0.29, 0.717) is 0 Å². The highest BCUT2D eigenvalue weighted by molar-refractivity contribution is 5.97. The zero-order valence-corrected chi connectivity index (χ0v) is 15.8. The average Bonchev–Trinajstić information content (AvgIpc) is 2.63. The molecule has 0 aliphatic carbocycles. The van der Waals surface area contributed by atoms with E-state index in [2.05, 4.69) is 0 Å². The molecule has 0 radical (unpaired) electrons. The SMILES string of the molecule is COc1cc(O)c2c(c1)/C=C/CC(O)C(O)C(=O)/C=C\C(C)(F)C(C)OC2=O. The first-order chi connectivity index (χ1) is 13.1. The maximum Gasteiger partial charge on any atom is 0.342 e. The number of cyclic esters (lactones) is 1. The van der Waals surface area contributed by atoms with E-state index in [1.165, 1.54) is 38.3 Å². The molecule has 1 aromatic carbocycles. The van der Waals surface area contributed by atoms with Crippen molar-refractivity contribution in [1.82, 2.24) is 0 Å². The Hall–Kier alpha value is -2.71. The fourth-order valence-electron chi connectivity index (χ4n) is 2.56. The highest BCUT2D eigenvalue weighted by Crippen LogP contribution is 2.31. The minimum Gasteiger partial charge on any atom is -0.507 e. The smallest absolute Gasteiger partial charge is 0.342 e. The zero-order valence-electron chi connectivity index (χ0n) is 15.8. The van der Waals surface area contributed by atoms with Gasteiger partial charge in [0, 0.05) is 6.07 Å². The van der Waals surface area contributed by atoms with Crippen molar-refractivity contribution >= 4 is 17.8 Å². The van der Waals surface area contributed by atoms with Gasteiger partial charge in [0.15, 0.2) is 11.5 Å². The topological polar surface area (TPSA) is 113 Å². The van der Waals surface area contributed by atoms with Crippen LogP contribution in [0.5, 0.6) is 11.5 Å². The molecule has 0 amide bonds. The molecule has 0 saturated heterocycles. The number of aromatic hydroxyl groups is 1. The number of hydrogen-bond donors (Lipinski definition) is 3. The number of aliphatic hydroxyl groups is 2. The van der Waals surface area contributed by atoms with Crippen LogP contribution in [-0.4, -0.2) is 58.2 Å². The molecule has 1 heterocycles. The number of esters is 1. The molecule has 28 heavy (non-hydrogen) atoms. The van der Waals surface area contributed by atoms with Crippen LogP contribution in [0.15, 0.2) is 30.4 Å². The summed E-state index contributed by atoms with van der Waals surface area (Å²) in [5.41, 5.74) is -2.24. The van der Waals surface area contributed by atoms with Crippen LogP contribution >= 0.6 is 0 Å². The predicted molar refractivity (Wildman–Crippen MR) is 98.9 cm³/mol. The van der Waals surface area contributed by atoms with Gasteiger partial charge in [-0.25, -0.2) is 9.18 Å². The summed E-state index contributed by atoms with van der Waals surface area (Å²) in [6.45, 7) is 2.39. The van der Waals surface area contributed by atoms with Crippen molar-refractivity contribution in [2.24, 2.45) is 0 Å². The Bertz CT molecular complexity index is 813. The van der Waals surface area contributed by atoms with Crippen molar-refractivity contribution in [2.45, 2.75) is 44.2 Å². The molecule has 1 aliphatic heterocycles. The summed E-state index contributed by atoms with van der Waals surface area (Å²) < 4.78 is 25.1. The number of hydrogen-bond acceptors (Lipinski definition) is 7. The Labute approximate surface area is 161 Å². The Morgan fingerprint density at radius 2 is 1.93 bits per heavy atom. The number of carbonyl (C=O) groups is 2. The second-order valence-electron chi connectivity index (χ2n) is 6.70. The number of carbonyl (C=O) groups excluding carboxylic acids is 2. The summed E-state index contributed by atoms with van der Waals surface area (Å²) in [5.74, 6) is -2.00. The maximum absolute atomic E-state index is 14.8. The van der Waals surface area contributed by atoms with Gasteiger partial charge in [-0.3, -0.25) is 4.79 Å². The van der Waals surface area contributed by atoms with Crippen LogP contribution in [0.3, 0.4) is 0 Å². The summed E-state index contributed by atoms with van der Waals surface area (Å²) in [6.07, 6.45) is -0.123. The number of halogens is 1. The fourth-order valence-corrected chi connectivity index (χ4v) is 2.56. The van der Waals surface area contributed by atoms with Crippen LogP contribution in [0.25, 0.3) is 6.08 Å². The molecule has 1 aromatic rings. The molecular formula is C20H23FO7. The minimum absolute atomic E-state index is 0.128. The number of alkyl halides is 1. The van der Waals surface area contributed by atoms with E-state index in [0.717, 1.165) is 19.1 Å². The number of phenols is 1. The largest absolute Gasteiger partial charge is 0.507 e. The van der Waals surface area contributed by atoms with E-state index in [1.54, 1.807) is 0 Å². The standard InChI is InChI=1S/C20H23FO7/c1-11-20(2,21)8-7-15(23)18(25)14(22)6-4-5-12-9-13(27-3)10-16(24)17(12)19(26)28-11/h4-5,7-11,14,18,22,24-25H,6H2,1-3H3/b5-4+,8-7-. The van der Waals surface area contributed by atoms with Crippen LogP contribution in [-0.2, 0) is 9.53 Å².